The molecule has 2 heterocycles. The van der Waals surface area contributed by atoms with Gasteiger partial charge in [0.1, 0.15) is 0 Å². The van der Waals surface area contributed by atoms with Crippen LogP contribution in [0.5, 0.6) is 0 Å². The molecule has 0 aliphatic carbocycles. The molecule has 0 saturated carbocycles. The van der Waals surface area contributed by atoms with Crippen LogP contribution in [0.15, 0.2) is 35.7 Å². The van der Waals surface area contributed by atoms with Crippen LogP contribution in [-0.4, -0.2) is 40.4 Å². The van der Waals surface area contributed by atoms with Crippen molar-refractivity contribution in [3.63, 3.8) is 0 Å². The second kappa shape index (κ2) is 11.4. The van der Waals surface area contributed by atoms with Crippen molar-refractivity contribution in [2.24, 2.45) is 0 Å². The van der Waals surface area contributed by atoms with Crippen LogP contribution in [0, 0.1) is 6.92 Å². The number of esters is 1. The van der Waals surface area contributed by atoms with Crippen LogP contribution >= 0.6 is 34.5 Å². The Morgan fingerprint density at radius 1 is 1.19 bits per heavy atom. The van der Waals surface area contributed by atoms with Crippen LogP contribution in [0.1, 0.15) is 34.1 Å². The van der Waals surface area contributed by atoms with E-state index in [0.29, 0.717) is 41.6 Å². The first-order chi connectivity index (χ1) is 15.0. The van der Waals surface area contributed by atoms with Gasteiger partial charge in [0.05, 0.1) is 19.3 Å². The van der Waals surface area contributed by atoms with Crippen molar-refractivity contribution in [3.05, 3.63) is 68.4 Å². The smallest absolute Gasteiger partial charge is 0.357 e. The highest BCUT2D eigenvalue weighted by molar-refractivity contribution is 7.13. The molecule has 10 heteroatoms. The lowest BCUT2D eigenvalue weighted by molar-refractivity contribution is 0.0493. The van der Waals surface area contributed by atoms with Gasteiger partial charge in [-0.1, -0.05) is 53.5 Å². The molecule has 0 spiro atoms. The Balaban J connectivity index is 1.71. The number of carbonyl (C=O) groups is 1. The monoisotopic (exact) mass is 480 g/mol. The first-order valence-electron chi connectivity index (χ1n) is 9.67. The molecule has 0 saturated heterocycles. The van der Waals surface area contributed by atoms with E-state index >= 15 is 0 Å². The highest BCUT2D eigenvalue weighted by atomic mass is 35.5. The summed E-state index contributed by atoms with van der Waals surface area (Å²) in [6, 6.07) is 9.89. The van der Waals surface area contributed by atoms with Crippen LogP contribution in [0.2, 0.25) is 10.3 Å². The zero-order chi connectivity index (χ0) is 22.2. The molecule has 0 fully saturated rings. The maximum atomic E-state index is 11.8. The van der Waals surface area contributed by atoms with Crippen LogP contribution in [0.4, 0.5) is 5.13 Å². The molecule has 1 atom stereocenters. The number of hydrogen-bond acceptors (Lipinski definition) is 8. The highest BCUT2D eigenvalue weighted by Crippen LogP contribution is 2.25. The molecule has 0 aliphatic rings. The van der Waals surface area contributed by atoms with Crippen LogP contribution in [0.25, 0.3) is 0 Å². The van der Waals surface area contributed by atoms with Crippen molar-refractivity contribution in [1.82, 2.24) is 15.2 Å². The van der Waals surface area contributed by atoms with Crippen molar-refractivity contribution in [3.8, 4) is 0 Å². The molecule has 0 unspecified atom stereocenters. The minimum absolute atomic E-state index is 0.258. The molecular formula is C21H22Cl2N4O3S. The summed E-state index contributed by atoms with van der Waals surface area (Å²) in [5.41, 5.74) is 2.89. The van der Waals surface area contributed by atoms with Gasteiger partial charge in [-0.05, 0) is 25.0 Å². The fourth-order valence-electron chi connectivity index (χ4n) is 2.80. The highest BCUT2D eigenvalue weighted by Gasteiger charge is 2.19. The summed E-state index contributed by atoms with van der Waals surface area (Å²) >= 11 is 13.7. The van der Waals surface area contributed by atoms with Crippen LogP contribution in [0.3, 0.4) is 0 Å². The molecule has 3 rings (SSSR count). The van der Waals surface area contributed by atoms with Crippen molar-refractivity contribution >= 4 is 45.6 Å². The lowest BCUT2D eigenvalue weighted by atomic mass is 10.1. The first kappa shape index (κ1) is 23.4. The standard InChI is InChI=1S/C21H22Cl2N4O3S/c1-3-29-20(28)17-12-31-21(25-17)24-10-15(30-11-14-7-5-4-6-8-14)9-16-13(2)18(22)26-27-19(16)23/h4-8,12,15H,3,9-11H2,1-2H3,(H,24,25)/t15-/m1/s1. The summed E-state index contributed by atoms with van der Waals surface area (Å²) in [4.78, 5) is 16.1. The topological polar surface area (TPSA) is 86.2 Å². The van der Waals surface area contributed by atoms with Crippen LogP contribution in [-0.2, 0) is 22.5 Å². The Kier molecular flexibility index (Phi) is 8.60. The van der Waals surface area contributed by atoms with E-state index in [1.807, 2.05) is 37.3 Å². The third-order valence-electron chi connectivity index (χ3n) is 4.47. The Morgan fingerprint density at radius 2 is 1.94 bits per heavy atom. The average molecular weight is 481 g/mol. The van der Waals surface area contributed by atoms with E-state index in [-0.39, 0.29) is 11.8 Å². The number of nitrogens with zero attached hydrogens (tertiary/aromatic N) is 3. The second-order valence-corrected chi connectivity index (χ2v) is 8.22. The summed E-state index contributed by atoms with van der Waals surface area (Å²) < 4.78 is 11.2. The lowest BCUT2D eigenvalue weighted by Gasteiger charge is -2.20. The van der Waals surface area contributed by atoms with Crippen molar-refractivity contribution in [2.75, 3.05) is 18.5 Å². The van der Waals surface area contributed by atoms with E-state index in [9.17, 15) is 4.79 Å². The number of thiazole rings is 1. The summed E-state index contributed by atoms with van der Waals surface area (Å²) in [6.45, 7) is 4.79. The summed E-state index contributed by atoms with van der Waals surface area (Å²) in [5.74, 6) is -0.441. The fraction of sp³-hybridized carbons (Fsp3) is 0.333. The zero-order valence-electron chi connectivity index (χ0n) is 17.1. The van der Waals surface area contributed by atoms with Gasteiger partial charge in [-0.25, -0.2) is 9.78 Å². The molecule has 164 valence electrons. The number of halogens is 2. The molecule has 0 aliphatic heterocycles. The molecule has 7 nitrogen and oxygen atoms in total. The van der Waals surface area contributed by atoms with Gasteiger partial charge in [-0.3, -0.25) is 0 Å². The number of benzene rings is 1. The third-order valence-corrected chi connectivity index (χ3v) is 5.93. The van der Waals surface area contributed by atoms with E-state index < -0.39 is 5.97 Å². The van der Waals surface area contributed by atoms with E-state index in [4.69, 9.17) is 32.7 Å². The number of aromatic nitrogens is 3. The maximum absolute atomic E-state index is 11.8. The summed E-state index contributed by atoms with van der Waals surface area (Å²) in [6.07, 6.45) is 0.224. The summed E-state index contributed by atoms with van der Waals surface area (Å²) in [5, 5.41) is 13.9. The molecule has 1 N–H and O–H groups in total. The molecule has 0 amide bonds. The number of ether oxygens (including phenoxy) is 2. The van der Waals surface area contributed by atoms with E-state index in [0.717, 1.165) is 16.7 Å². The fourth-order valence-corrected chi connectivity index (χ4v) is 3.90. The van der Waals surface area contributed by atoms with Gasteiger partial charge in [0, 0.05) is 23.9 Å². The normalized spacial score (nSPS) is 11.9. The number of carbonyl (C=O) groups excluding carboxylic acids is 1. The molecule has 31 heavy (non-hydrogen) atoms. The van der Waals surface area contributed by atoms with E-state index in [2.05, 4.69) is 20.5 Å². The van der Waals surface area contributed by atoms with Crippen molar-refractivity contribution in [2.45, 2.75) is 33.0 Å². The minimum Gasteiger partial charge on any atom is -0.461 e. The molecule has 0 radical (unpaired) electrons. The average Bonchev–Trinajstić information content (AvgIpc) is 3.25. The Hall–Kier alpha value is -2.26. The second-order valence-electron chi connectivity index (χ2n) is 6.65. The Bertz CT molecular complexity index is 1020. The Morgan fingerprint density at radius 3 is 2.68 bits per heavy atom. The number of nitrogens with one attached hydrogen (secondary N) is 1. The number of rotatable bonds is 10. The lowest BCUT2D eigenvalue weighted by Crippen LogP contribution is -2.26. The minimum atomic E-state index is -0.441. The SMILES string of the molecule is CCOC(=O)c1csc(NC[C@@H](Cc2c(Cl)nnc(Cl)c2C)OCc2ccccc2)n1. The van der Waals surface area contributed by atoms with Gasteiger partial charge in [-0.2, -0.15) is 0 Å². The quantitative estimate of drug-likeness (QED) is 0.410. The summed E-state index contributed by atoms with van der Waals surface area (Å²) in [7, 11) is 0. The van der Waals surface area contributed by atoms with E-state index in [1.165, 1.54) is 11.3 Å². The largest absolute Gasteiger partial charge is 0.461 e. The van der Waals surface area contributed by atoms with Gasteiger partial charge < -0.3 is 14.8 Å². The Labute approximate surface area is 194 Å². The number of hydrogen-bond donors (Lipinski definition) is 1. The van der Waals surface area contributed by atoms with Gasteiger partial charge in [0.2, 0.25) is 0 Å². The van der Waals surface area contributed by atoms with Crippen molar-refractivity contribution in [1.29, 1.82) is 0 Å². The molecule has 2 aromatic heterocycles. The van der Waals surface area contributed by atoms with Gasteiger partial charge >= 0.3 is 5.97 Å². The molecule has 3 aromatic rings. The van der Waals surface area contributed by atoms with Gasteiger partial charge in [0.25, 0.3) is 0 Å². The predicted octanol–water partition coefficient (Wildman–Crippen LogP) is 4.97. The van der Waals surface area contributed by atoms with Crippen LogP contribution < -0.4 is 5.32 Å². The molecule has 1 aromatic carbocycles. The molecule has 0 bridgehead atoms. The maximum Gasteiger partial charge on any atom is 0.357 e. The van der Waals surface area contributed by atoms with E-state index in [1.54, 1.807) is 12.3 Å². The predicted molar refractivity (Wildman–Crippen MR) is 122 cm³/mol. The first-order valence-corrected chi connectivity index (χ1v) is 11.3. The zero-order valence-corrected chi connectivity index (χ0v) is 19.4. The number of anilines is 1. The van der Waals surface area contributed by atoms with Crippen molar-refractivity contribution < 1.29 is 14.3 Å². The van der Waals surface area contributed by atoms with Gasteiger partial charge in [-0.15, -0.1) is 21.5 Å². The molecular weight excluding hydrogens is 459 g/mol. The third kappa shape index (κ3) is 6.61. The van der Waals surface area contributed by atoms with Gasteiger partial charge in [0.15, 0.2) is 21.1 Å².